The Morgan fingerprint density at radius 2 is 1.62 bits per heavy atom. The predicted molar refractivity (Wildman–Crippen MR) is 111 cm³/mol. The number of halogens is 1. The Morgan fingerprint density at radius 3 is 2.19 bits per heavy atom. The molecule has 0 amide bonds. The SMILES string of the molecule is [2H]C([2H])([2H])c1cc(C)c(-c2ccc([Si](C)(C)C)c[n+]2C)cc1-c1ccc(F)cc1. The average molecular weight is 368 g/mol. The highest BCUT2D eigenvalue weighted by atomic mass is 28.3. The van der Waals surface area contributed by atoms with Crippen LogP contribution in [0.4, 0.5) is 4.39 Å². The molecule has 0 atom stereocenters. The van der Waals surface area contributed by atoms with Crippen molar-refractivity contribution >= 4 is 13.3 Å². The van der Waals surface area contributed by atoms with Gasteiger partial charge in [-0.15, -0.1) is 0 Å². The van der Waals surface area contributed by atoms with Gasteiger partial charge in [0.25, 0.3) is 0 Å². The number of nitrogens with zero attached hydrogens (tertiary/aromatic N) is 1. The average Bonchev–Trinajstić information content (AvgIpc) is 2.61. The van der Waals surface area contributed by atoms with Crippen molar-refractivity contribution in [2.24, 2.45) is 7.05 Å². The fourth-order valence-electron chi connectivity index (χ4n) is 3.18. The number of aryl methyl sites for hydroxylation is 3. The summed E-state index contributed by atoms with van der Waals surface area (Å²) in [4.78, 5) is 0. The lowest BCUT2D eigenvalue weighted by molar-refractivity contribution is -0.659. The number of hydrogen-bond donors (Lipinski definition) is 0. The highest BCUT2D eigenvalue weighted by Crippen LogP contribution is 2.31. The van der Waals surface area contributed by atoms with Crippen LogP contribution >= 0.6 is 0 Å². The van der Waals surface area contributed by atoms with E-state index in [1.807, 2.05) is 20.0 Å². The van der Waals surface area contributed by atoms with Crippen molar-refractivity contribution in [2.75, 3.05) is 0 Å². The van der Waals surface area contributed by atoms with E-state index >= 15 is 0 Å². The Kier molecular flexibility index (Phi) is 3.89. The highest BCUT2D eigenvalue weighted by Gasteiger charge is 2.22. The second-order valence-electron chi connectivity index (χ2n) is 7.88. The molecule has 0 saturated carbocycles. The van der Waals surface area contributed by atoms with Crippen LogP contribution < -0.4 is 9.75 Å². The molecule has 0 aliphatic rings. The zero-order valence-electron chi connectivity index (χ0n) is 19.0. The molecular formula is C23H27FNSi+. The van der Waals surface area contributed by atoms with Gasteiger partial charge < -0.3 is 0 Å². The van der Waals surface area contributed by atoms with Crippen molar-refractivity contribution in [3.05, 3.63) is 71.7 Å². The summed E-state index contributed by atoms with van der Waals surface area (Å²) in [5.74, 6) is -0.343. The minimum atomic E-state index is -2.25. The van der Waals surface area contributed by atoms with E-state index in [0.29, 0.717) is 11.1 Å². The molecule has 134 valence electrons. The van der Waals surface area contributed by atoms with E-state index in [1.54, 1.807) is 18.2 Å². The Bertz CT molecular complexity index is 1050. The molecule has 0 aliphatic heterocycles. The number of aromatic nitrogens is 1. The van der Waals surface area contributed by atoms with E-state index < -0.39 is 14.9 Å². The van der Waals surface area contributed by atoms with Crippen molar-refractivity contribution < 1.29 is 13.1 Å². The van der Waals surface area contributed by atoms with E-state index in [0.717, 1.165) is 16.8 Å². The largest absolute Gasteiger partial charge is 0.212 e. The topological polar surface area (TPSA) is 3.88 Å². The fraction of sp³-hybridized carbons (Fsp3) is 0.261. The summed E-state index contributed by atoms with van der Waals surface area (Å²) in [7, 11) is 0.586. The third-order valence-electron chi connectivity index (χ3n) is 4.80. The first-order chi connectivity index (χ1) is 13.4. The van der Waals surface area contributed by atoms with Crippen molar-refractivity contribution in [1.82, 2.24) is 0 Å². The Balaban J connectivity index is 2.24. The number of pyridine rings is 1. The van der Waals surface area contributed by atoms with Crippen molar-refractivity contribution in [2.45, 2.75) is 33.4 Å². The molecule has 0 spiro atoms. The van der Waals surface area contributed by atoms with Gasteiger partial charge in [-0.05, 0) is 54.2 Å². The Hall–Kier alpha value is -2.26. The first kappa shape index (κ1) is 14.9. The van der Waals surface area contributed by atoms with Crippen LogP contribution in [0.5, 0.6) is 0 Å². The van der Waals surface area contributed by atoms with Gasteiger partial charge in [-0.1, -0.05) is 43.9 Å². The van der Waals surface area contributed by atoms with E-state index in [9.17, 15) is 4.39 Å². The van der Waals surface area contributed by atoms with Crippen LogP contribution in [-0.4, -0.2) is 8.07 Å². The minimum Gasteiger partial charge on any atom is -0.207 e. The number of rotatable bonds is 3. The van der Waals surface area contributed by atoms with E-state index in [-0.39, 0.29) is 11.4 Å². The zero-order chi connectivity index (χ0) is 21.6. The maximum absolute atomic E-state index is 13.4. The van der Waals surface area contributed by atoms with Gasteiger partial charge in [0.2, 0.25) is 5.69 Å². The van der Waals surface area contributed by atoms with Crippen LogP contribution in [0.2, 0.25) is 19.6 Å². The molecule has 0 radical (unpaired) electrons. The summed E-state index contributed by atoms with van der Waals surface area (Å²) in [5.41, 5.74) is 4.48. The normalized spacial score (nSPS) is 13.8. The van der Waals surface area contributed by atoms with Gasteiger partial charge in [0, 0.05) is 20.9 Å². The van der Waals surface area contributed by atoms with Gasteiger partial charge >= 0.3 is 0 Å². The summed E-state index contributed by atoms with van der Waals surface area (Å²) in [5, 5.41) is 1.36. The zero-order valence-corrected chi connectivity index (χ0v) is 17.0. The van der Waals surface area contributed by atoms with Crippen LogP contribution in [0.3, 0.4) is 0 Å². The molecule has 0 fully saturated rings. The molecule has 1 heterocycles. The fourth-order valence-corrected chi connectivity index (χ4v) is 4.35. The molecule has 0 aliphatic carbocycles. The summed E-state index contributed by atoms with van der Waals surface area (Å²) in [6, 6.07) is 13.9. The molecule has 0 bridgehead atoms. The molecule has 3 aromatic rings. The molecule has 3 rings (SSSR count). The van der Waals surface area contributed by atoms with E-state index in [2.05, 4.69) is 42.5 Å². The molecule has 0 N–H and O–H groups in total. The van der Waals surface area contributed by atoms with Gasteiger partial charge in [0.05, 0.1) is 8.07 Å². The summed E-state index contributed by atoms with van der Waals surface area (Å²) in [6.07, 6.45) is 2.18. The summed E-state index contributed by atoms with van der Waals surface area (Å²) >= 11 is 0. The van der Waals surface area contributed by atoms with Crippen molar-refractivity contribution in [3.8, 4) is 22.4 Å². The van der Waals surface area contributed by atoms with E-state index in [4.69, 9.17) is 4.11 Å². The molecule has 26 heavy (non-hydrogen) atoms. The Labute approximate surface area is 161 Å². The lowest BCUT2D eigenvalue weighted by Gasteiger charge is -2.16. The molecule has 1 aromatic heterocycles. The van der Waals surface area contributed by atoms with Gasteiger partial charge in [0.15, 0.2) is 6.20 Å². The van der Waals surface area contributed by atoms with Crippen LogP contribution in [0.1, 0.15) is 15.2 Å². The molecular weight excluding hydrogens is 337 g/mol. The lowest BCUT2D eigenvalue weighted by atomic mass is 9.93. The maximum Gasteiger partial charge on any atom is 0.212 e. The van der Waals surface area contributed by atoms with Crippen molar-refractivity contribution in [3.63, 3.8) is 0 Å². The van der Waals surface area contributed by atoms with Gasteiger partial charge in [0.1, 0.15) is 12.9 Å². The molecule has 0 saturated heterocycles. The van der Waals surface area contributed by atoms with Gasteiger partial charge in [-0.3, -0.25) is 0 Å². The molecule has 2 aromatic carbocycles. The third-order valence-corrected chi connectivity index (χ3v) is 6.82. The van der Waals surface area contributed by atoms with Crippen LogP contribution in [-0.2, 0) is 7.05 Å². The number of benzene rings is 2. The lowest BCUT2D eigenvalue weighted by Crippen LogP contribution is -2.44. The highest BCUT2D eigenvalue weighted by molar-refractivity contribution is 6.88. The molecule has 3 heteroatoms. The first-order valence-corrected chi connectivity index (χ1v) is 12.3. The first-order valence-electron chi connectivity index (χ1n) is 10.3. The Morgan fingerprint density at radius 1 is 0.923 bits per heavy atom. The molecule has 1 nitrogen and oxygen atoms in total. The third kappa shape index (κ3) is 3.63. The maximum atomic E-state index is 13.4. The monoisotopic (exact) mass is 367 g/mol. The van der Waals surface area contributed by atoms with Crippen LogP contribution in [0.25, 0.3) is 22.4 Å². The second kappa shape index (κ2) is 6.80. The predicted octanol–water partition coefficient (Wildman–Crippen LogP) is 5.15. The summed E-state index contributed by atoms with van der Waals surface area (Å²) < 4.78 is 39.5. The number of hydrogen-bond acceptors (Lipinski definition) is 0. The van der Waals surface area contributed by atoms with Gasteiger partial charge in [-0.2, -0.15) is 0 Å². The summed E-state index contributed by atoms with van der Waals surface area (Å²) in [6.45, 7) is 6.61. The van der Waals surface area contributed by atoms with Gasteiger partial charge in [-0.25, -0.2) is 8.96 Å². The van der Waals surface area contributed by atoms with Crippen LogP contribution in [0.15, 0.2) is 54.7 Å². The second-order valence-corrected chi connectivity index (χ2v) is 13.0. The smallest absolute Gasteiger partial charge is 0.207 e. The van der Waals surface area contributed by atoms with E-state index in [1.165, 1.54) is 17.3 Å². The minimum absolute atomic E-state index is 0.284. The van der Waals surface area contributed by atoms with Crippen LogP contribution in [0, 0.1) is 19.6 Å². The van der Waals surface area contributed by atoms with Crippen molar-refractivity contribution in [1.29, 1.82) is 0 Å². The quantitative estimate of drug-likeness (QED) is 0.445. The standard InChI is InChI=1S/C23H27FNSi/c1-16-13-17(2)22(14-21(16)18-7-9-19(24)10-8-18)23-12-11-20(15-25(23)3)26(4,5)6/h7-15H,1-6H3/q+1/i1D3. The molecule has 0 unspecified atom stereocenters.